The van der Waals surface area contributed by atoms with Gasteiger partial charge in [-0.15, -0.1) is 0 Å². The number of rotatable bonds is 5. The van der Waals surface area contributed by atoms with Crippen LogP contribution in [0.3, 0.4) is 0 Å². The number of alkyl halides is 2. The van der Waals surface area contributed by atoms with Gasteiger partial charge in [0.05, 0.1) is 28.7 Å². The molecule has 0 aliphatic carbocycles. The molecule has 1 atom stereocenters. The maximum atomic E-state index is 14.5. The van der Waals surface area contributed by atoms with E-state index in [0.717, 1.165) is 27.3 Å². The number of methoxy groups -OCH3 is 1. The van der Waals surface area contributed by atoms with Crippen LogP contribution in [0.5, 0.6) is 5.75 Å². The maximum Gasteiger partial charge on any atom is 0.266 e. The molecule has 0 aliphatic rings. The van der Waals surface area contributed by atoms with Crippen molar-refractivity contribution in [2.45, 2.75) is 26.3 Å². The number of benzene rings is 2. The zero-order valence-corrected chi connectivity index (χ0v) is 16.6. The molecule has 3 rings (SSSR count). The minimum atomic E-state index is -2.86. The van der Waals surface area contributed by atoms with Gasteiger partial charge in [-0.1, -0.05) is 18.2 Å². The van der Waals surface area contributed by atoms with Gasteiger partial charge >= 0.3 is 0 Å². The Labute approximate surface area is 163 Å². The SMILES string of the molecule is COc1cc2nc(C)cc(N[C@H](C)c3cccc(C(F)F)c3F)c2cc1Br. The molecule has 142 valence electrons. The monoisotopic (exact) mass is 438 g/mol. The zero-order valence-electron chi connectivity index (χ0n) is 15.0. The van der Waals surface area contributed by atoms with E-state index in [-0.39, 0.29) is 5.56 Å². The molecular formula is C20H18BrF3N2O. The second kappa shape index (κ2) is 7.76. The molecule has 3 aromatic rings. The van der Waals surface area contributed by atoms with Crippen LogP contribution >= 0.6 is 15.9 Å². The summed E-state index contributed by atoms with van der Waals surface area (Å²) in [6, 6.07) is 9.04. The van der Waals surface area contributed by atoms with Crippen LogP contribution in [-0.4, -0.2) is 12.1 Å². The number of ether oxygens (including phenoxy) is 1. The Balaban J connectivity index is 2.04. The second-order valence-corrected chi connectivity index (χ2v) is 7.09. The average molecular weight is 439 g/mol. The molecule has 0 bridgehead atoms. The lowest BCUT2D eigenvalue weighted by Crippen LogP contribution is -2.11. The van der Waals surface area contributed by atoms with Crippen LogP contribution in [0, 0.1) is 12.7 Å². The molecule has 2 aromatic carbocycles. The minimum absolute atomic E-state index is 0.183. The molecule has 1 aromatic heterocycles. The van der Waals surface area contributed by atoms with Crippen LogP contribution in [0.2, 0.25) is 0 Å². The van der Waals surface area contributed by atoms with Crippen molar-refractivity contribution in [3.8, 4) is 5.75 Å². The topological polar surface area (TPSA) is 34.1 Å². The molecule has 0 aliphatic heterocycles. The summed E-state index contributed by atoms with van der Waals surface area (Å²) in [5.41, 5.74) is 1.80. The molecule has 0 saturated heterocycles. The van der Waals surface area contributed by atoms with E-state index in [4.69, 9.17) is 4.74 Å². The van der Waals surface area contributed by atoms with E-state index in [1.807, 2.05) is 19.1 Å². The molecule has 0 spiro atoms. The number of aryl methyl sites for hydroxylation is 1. The number of aromatic nitrogens is 1. The van der Waals surface area contributed by atoms with E-state index in [1.165, 1.54) is 12.1 Å². The summed E-state index contributed by atoms with van der Waals surface area (Å²) in [6.07, 6.45) is -2.86. The van der Waals surface area contributed by atoms with Gasteiger partial charge in [-0.3, -0.25) is 4.98 Å². The lowest BCUT2D eigenvalue weighted by molar-refractivity contribution is 0.146. The highest BCUT2D eigenvalue weighted by molar-refractivity contribution is 9.10. The largest absolute Gasteiger partial charge is 0.495 e. The predicted molar refractivity (Wildman–Crippen MR) is 104 cm³/mol. The Bertz CT molecular complexity index is 995. The highest BCUT2D eigenvalue weighted by Crippen LogP contribution is 2.35. The molecule has 0 unspecified atom stereocenters. The fourth-order valence-corrected chi connectivity index (χ4v) is 3.52. The Morgan fingerprint density at radius 3 is 2.52 bits per heavy atom. The van der Waals surface area contributed by atoms with E-state index in [9.17, 15) is 13.2 Å². The Morgan fingerprint density at radius 1 is 1.15 bits per heavy atom. The number of nitrogens with one attached hydrogen (secondary N) is 1. The van der Waals surface area contributed by atoms with Crippen LogP contribution in [0.15, 0.2) is 40.9 Å². The predicted octanol–water partition coefficient (Wildman–Crippen LogP) is 6.56. The van der Waals surface area contributed by atoms with E-state index >= 15 is 0 Å². The molecule has 3 nitrogen and oxygen atoms in total. The molecule has 7 heteroatoms. The van der Waals surface area contributed by atoms with Gasteiger partial charge in [0.15, 0.2) is 0 Å². The van der Waals surface area contributed by atoms with Crippen molar-refractivity contribution >= 4 is 32.5 Å². The van der Waals surface area contributed by atoms with Crippen molar-refractivity contribution in [2.24, 2.45) is 0 Å². The van der Waals surface area contributed by atoms with E-state index in [1.54, 1.807) is 20.1 Å². The number of fused-ring (bicyclic) bond motifs is 1. The fraction of sp³-hybridized carbons (Fsp3) is 0.250. The molecule has 0 amide bonds. The first-order valence-corrected chi connectivity index (χ1v) is 9.09. The number of pyridine rings is 1. The van der Waals surface area contributed by atoms with Crippen molar-refractivity contribution in [1.82, 2.24) is 4.98 Å². The van der Waals surface area contributed by atoms with Crippen molar-refractivity contribution in [2.75, 3.05) is 12.4 Å². The number of hydrogen-bond donors (Lipinski definition) is 1. The molecule has 1 N–H and O–H groups in total. The van der Waals surface area contributed by atoms with Gasteiger partial charge in [-0.05, 0) is 41.9 Å². The van der Waals surface area contributed by atoms with Gasteiger partial charge in [-0.2, -0.15) is 0 Å². The Hall–Kier alpha value is -2.28. The summed E-state index contributed by atoms with van der Waals surface area (Å²) < 4.78 is 46.5. The third-order valence-corrected chi connectivity index (χ3v) is 4.96. The van der Waals surface area contributed by atoms with Crippen molar-refractivity contribution in [3.05, 3.63) is 63.5 Å². The lowest BCUT2D eigenvalue weighted by Gasteiger charge is -2.20. The van der Waals surface area contributed by atoms with E-state index in [0.29, 0.717) is 11.3 Å². The zero-order chi connectivity index (χ0) is 19.7. The lowest BCUT2D eigenvalue weighted by atomic mass is 10.0. The molecule has 0 radical (unpaired) electrons. The summed E-state index contributed by atoms with van der Waals surface area (Å²) >= 11 is 3.45. The Kier molecular flexibility index (Phi) is 5.60. The second-order valence-electron chi connectivity index (χ2n) is 6.23. The summed E-state index contributed by atoms with van der Waals surface area (Å²) in [4.78, 5) is 4.51. The first kappa shape index (κ1) is 19.5. The van der Waals surface area contributed by atoms with Crippen molar-refractivity contribution in [3.63, 3.8) is 0 Å². The van der Waals surface area contributed by atoms with Crippen LogP contribution in [0.1, 0.15) is 36.2 Å². The Morgan fingerprint density at radius 2 is 1.85 bits per heavy atom. The van der Waals surface area contributed by atoms with Crippen LogP contribution in [0.25, 0.3) is 10.9 Å². The van der Waals surface area contributed by atoms with Gasteiger partial charge in [0.2, 0.25) is 0 Å². The van der Waals surface area contributed by atoms with Gasteiger partial charge in [0.1, 0.15) is 11.6 Å². The summed E-state index contributed by atoms with van der Waals surface area (Å²) in [5, 5.41) is 4.04. The number of halogens is 4. The fourth-order valence-electron chi connectivity index (χ4n) is 3.02. The third-order valence-electron chi connectivity index (χ3n) is 4.34. The van der Waals surface area contributed by atoms with Crippen LogP contribution in [-0.2, 0) is 0 Å². The molecule has 0 saturated carbocycles. The summed E-state index contributed by atoms with van der Waals surface area (Å²) in [7, 11) is 1.57. The standard InChI is InChI=1S/C20H18BrF3N2O/c1-10-7-16(14-8-15(21)18(27-3)9-17(14)25-10)26-11(2)12-5-4-6-13(19(12)22)20(23)24/h4-9,11,20H,1-3H3,(H,25,26)/t11-/m1/s1. The molecule has 27 heavy (non-hydrogen) atoms. The summed E-state index contributed by atoms with van der Waals surface area (Å²) in [6.45, 7) is 3.58. The van der Waals surface area contributed by atoms with Gasteiger partial charge in [0, 0.05) is 28.4 Å². The number of hydrogen-bond acceptors (Lipinski definition) is 3. The third kappa shape index (κ3) is 3.88. The molecular weight excluding hydrogens is 421 g/mol. The molecule has 1 heterocycles. The normalized spacial score (nSPS) is 12.4. The smallest absolute Gasteiger partial charge is 0.266 e. The highest BCUT2D eigenvalue weighted by Gasteiger charge is 2.20. The van der Waals surface area contributed by atoms with Gasteiger partial charge in [-0.25, -0.2) is 13.2 Å². The highest BCUT2D eigenvalue weighted by atomic mass is 79.9. The van der Waals surface area contributed by atoms with Crippen LogP contribution < -0.4 is 10.1 Å². The average Bonchev–Trinajstić information content (AvgIpc) is 2.61. The van der Waals surface area contributed by atoms with Crippen molar-refractivity contribution in [1.29, 1.82) is 0 Å². The van der Waals surface area contributed by atoms with E-state index in [2.05, 4.69) is 26.2 Å². The molecule has 0 fully saturated rings. The number of anilines is 1. The van der Waals surface area contributed by atoms with E-state index < -0.39 is 23.8 Å². The first-order chi connectivity index (χ1) is 12.8. The summed E-state index contributed by atoms with van der Waals surface area (Å²) in [5.74, 6) is -0.235. The van der Waals surface area contributed by atoms with Crippen molar-refractivity contribution < 1.29 is 17.9 Å². The van der Waals surface area contributed by atoms with Gasteiger partial charge < -0.3 is 10.1 Å². The number of nitrogens with zero attached hydrogens (tertiary/aromatic N) is 1. The maximum absolute atomic E-state index is 14.5. The van der Waals surface area contributed by atoms with Gasteiger partial charge in [0.25, 0.3) is 6.43 Å². The quantitative estimate of drug-likeness (QED) is 0.489. The van der Waals surface area contributed by atoms with Crippen LogP contribution in [0.4, 0.5) is 18.9 Å². The minimum Gasteiger partial charge on any atom is -0.495 e. The first-order valence-electron chi connectivity index (χ1n) is 8.29.